The first kappa shape index (κ1) is 28.2. The number of ether oxygens (including phenoxy) is 5. The maximum atomic E-state index is 13.3. The van der Waals surface area contributed by atoms with Crippen LogP contribution in [0.25, 0.3) is 16.6 Å². The van der Waals surface area contributed by atoms with Crippen molar-refractivity contribution in [1.29, 1.82) is 0 Å². The van der Waals surface area contributed by atoms with E-state index in [0.29, 0.717) is 30.1 Å². The van der Waals surface area contributed by atoms with Crippen molar-refractivity contribution >= 4 is 22.6 Å². The van der Waals surface area contributed by atoms with E-state index >= 15 is 0 Å². The van der Waals surface area contributed by atoms with Crippen molar-refractivity contribution in [2.24, 2.45) is 0 Å². The van der Waals surface area contributed by atoms with Gasteiger partial charge in [0.1, 0.15) is 12.4 Å². The van der Waals surface area contributed by atoms with E-state index in [9.17, 15) is 13.6 Å². The fourth-order valence-corrected chi connectivity index (χ4v) is 5.58. The molecule has 0 radical (unpaired) electrons. The largest absolute Gasteiger partial charge is 0.586 e. The molecule has 1 unspecified atom stereocenters. The predicted octanol–water partition coefficient (Wildman–Crippen LogP) is 5.20. The van der Waals surface area contributed by atoms with Gasteiger partial charge in [0.05, 0.1) is 48.6 Å². The Labute approximate surface area is 251 Å². The molecule has 3 aliphatic heterocycles. The molecule has 0 saturated carbocycles. The number of aromatic nitrogens is 3. The highest BCUT2D eigenvalue weighted by Gasteiger charge is 2.43. The van der Waals surface area contributed by atoms with Gasteiger partial charge in [0.2, 0.25) is 5.88 Å². The number of esters is 1. The van der Waals surface area contributed by atoms with Crippen LogP contribution in [-0.4, -0.2) is 64.6 Å². The molecule has 44 heavy (non-hydrogen) atoms. The van der Waals surface area contributed by atoms with E-state index in [1.807, 2.05) is 24.3 Å². The summed E-state index contributed by atoms with van der Waals surface area (Å²) in [5.41, 5.74) is 4.83. The van der Waals surface area contributed by atoms with Gasteiger partial charge in [0.15, 0.2) is 11.5 Å². The smallest absolute Gasteiger partial charge is 0.473 e. The zero-order valence-electron chi connectivity index (χ0n) is 24.0. The van der Waals surface area contributed by atoms with E-state index in [1.165, 1.54) is 19.2 Å². The molecule has 0 spiro atoms. The lowest BCUT2D eigenvalue weighted by atomic mass is 10.0. The summed E-state index contributed by atoms with van der Waals surface area (Å²) in [6.07, 6.45) is 0.445. The number of hydrogen-bond acceptors (Lipinski definition) is 9. The van der Waals surface area contributed by atoms with E-state index in [1.54, 1.807) is 18.2 Å². The topological polar surface area (TPSA) is 97.2 Å². The second kappa shape index (κ2) is 11.5. The van der Waals surface area contributed by atoms with E-state index < -0.39 is 6.29 Å². The van der Waals surface area contributed by atoms with E-state index in [2.05, 4.69) is 30.0 Å². The van der Waals surface area contributed by atoms with Crippen LogP contribution in [0.1, 0.15) is 40.3 Å². The lowest BCUT2D eigenvalue weighted by molar-refractivity contribution is -0.286. The summed E-state index contributed by atoms with van der Waals surface area (Å²) < 4.78 is 54.3. The summed E-state index contributed by atoms with van der Waals surface area (Å²) in [6.45, 7) is 3.77. The molecule has 5 heterocycles. The van der Waals surface area contributed by atoms with E-state index in [4.69, 9.17) is 19.2 Å². The third kappa shape index (κ3) is 5.82. The Hall–Kier alpha value is -4.55. The molecule has 2 aromatic carbocycles. The Morgan fingerprint density at radius 1 is 1.09 bits per heavy atom. The van der Waals surface area contributed by atoms with Crippen molar-refractivity contribution in [2.75, 3.05) is 26.8 Å². The number of methoxy groups -OCH3 is 1. The van der Waals surface area contributed by atoms with Crippen LogP contribution < -0.4 is 14.2 Å². The summed E-state index contributed by atoms with van der Waals surface area (Å²) in [5.74, 6) is 0.961. The first-order valence-corrected chi connectivity index (χ1v) is 14.4. The zero-order valence-corrected chi connectivity index (χ0v) is 24.0. The molecule has 4 aromatic rings. The van der Waals surface area contributed by atoms with Gasteiger partial charge >= 0.3 is 12.3 Å². The Balaban J connectivity index is 1.02. The van der Waals surface area contributed by atoms with Gasteiger partial charge in [-0.2, -0.15) is 0 Å². The molecule has 228 valence electrons. The van der Waals surface area contributed by atoms with Crippen molar-refractivity contribution < 1.29 is 37.3 Å². The molecule has 1 atom stereocenters. The second-order valence-corrected chi connectivity index (χ2v) is 10.9. The van der Waals surface area contributed by atoms with Crippen LogP contribution in [0.3, 0.4) is 0 Å². The number of pyridine rings is 1. The molecular weight excluding hydrogens is 574 g/mol. The highest BCUT2D eigenvalue weighted by atomic mass is 19.3. The van der Waals surface area contributed by atoms with Gasteiger partial charge in [-0.05, 0) is 60.4 Å². The zero-order chi connectivity index (χ0) is 30.3. The average molecular weight is 605 g/mol. The highest BCUT2D eigenvalue weighted by Crippen LogP contribution is 2.41. The van der Waals surface area contributed by atoms with Gasteiger partial charge in [-0.1, -0.05) is 18.2 Å². The van der Waals surface area contributed by atoms with Crippen molar-refractivity contribution in [3.63, 3.8) is 0 Å². The third-order valence-corrected chi connectivity index (χ3v) is 7.99. The molecule has 0 bridgehead atoms. The molecule has 3 aliphatic rings. The lowest BCUT2D eigenvalue weighted by Gasteiger charge is -2.29. The molecule has 1 saturated heterocycles. The Morgan fingerprint density at radius 2 is 1.95 bits per heavy atom. The Kier molecular flexibility index (Phi) is 7.39. The highest BCUT2D eigenvalue weighted by molar-refractivity contribution is 5.93. The summed E-state index contributed by atoms with van der Waals surface area (Å²) in [6, 6.07) is 15.6. The maximum absolute atomic E-state index is 13.3. The van der Waals surface area contributed by atoms with Gasteiger partial charge in [-0.15, -0.1) is 8.78 Å². The first-order valence-electron chi connectivity index (χ1n) is 14.4. The number of imidazole rings is 1. The minimum absolute atomic E-state index is 0.00511. The van der Waals surface area contributed by atoms with Crippen molar-refractivity contribution in [3.05, 3.63) is 83.3 Å². The van der Waals surface area contributed by atoms with Crippen LogP contribution >= 0.6 is 0 Å². The van der Waals surface area contributed by atoms with Gasteiger partial charge in [-0.25, -0.2) is 14.8 Å². The minimum atomic E-state index is -3.66. The van der Waals surface area contributed by atoms with Crippen LogP contribution in [0, 0.1) is 0 Å². The SMILES string of the molecule is COC(=O)c1ccc2nc(CN3CC=C(c4cccc(OCc5ccc6c(c5)OC(F)(F)O6)n4)CC3)n(CC3CCO3)c2c1. The number of rotatable bonds is 9. The lowest BCUT2D eigenvalue weighted by Crippen LogP contribution is -2.33. The number of benzene rings is 2. The quantitative estimate of drug-likeness (QED) is 0.239. The van der Waals surface area contributed by atoms with Gasteiger partial charge in [0.25, 0.3) is 0 Å². The number of alkyl halides is 2. The number of nitrogens with zero attached hydrogens (tertiary/aromatic N) is 4. The number of fused-ring (bicyclic) bond motifs is 2. The molecular formula is C32H30F2N4O6. The number of carbonyl (C=O) groups excluding carboxylic acids is 1. The molecule has 1 fully saturated rings. The molecule has 7 rings (SSSR count). The normalized spacial score (nSPS) is 19.0. The monoisotopic (exact) mass is 604 g/mol. The molecule has 2 aromatic heterocycles. The fraction of sp³-hybridized carbons (Fsp3) is 0.344. The van der Waals surface area contributed by atoms with Crippen molar-refractivity contribution in [1.82, 2.24) is 19.4 Å². The number of halogens is 2. The Morgan fingerprint density at radius 3 is 2.73 bits per heavy atom. The van der Waals surface area contributed by atoms with E-state index in [-0.39, 0.29) is 30.2 Å². The van der Waals surface area contributed by atoms with Gasteiger partial charge in [0, 0.05) is 25.8 Å². The van der Waals surface area contributed by atoms with Gasteiger partial charge < -0.3 is 28.3 Å². The minimum Gasteiger partial charge on any atom is -0.473 e. The number of carbonyl (C=O) groups is 1. The van der Waals surface area contributed by atoms with Crippen molar-refractivity contribution in [3.8, 4) is 17.4 Å². The van der Waals surface area contributed by atoms with Crippen LogP contribution in [0.5, 0.6) is 17.4 Å². The summed E-state index contributed by atoms with van der Waals surface area (Å²) in [7, 11) is 1.38. The molecule has 0 N–H and O–H groups in total. The van der Waals surface area contributed by atoms with Crippen LogP contribution in [0.15, 0.2) is 60.7 Å². The molecule has 10 nitrogen and oxygen atoms in total. The predicted molar refractivity (Wildman–Crippen MR) is 155 cm³/mol. The summed E-state index contributed by atoms with van der Waals surface area (Å²) in [5, 5.41) is 0. The molecule has 12 heteroatoms. The Bertz CT molecular complexity index is 1750. The van der Waals surface area contributed by atoms with Crippen LogP contribution in [0.4, 0.5) is 8.78 Å². The maximum Gasteiger partial charge on any atom is 0.586 e. The van der Waals surface area contributed by atoms with E-state index in [0.717, 1.165) is 60.7 Å². The average Bonchev–Trinajstić information content (AvgIpc) is 3.51. The van der Waals surface area contributed by atoms with Crippen molar-refractivity contribution in [2.45, 2.75) is 44.9 Å². The standard InChI is InChI=1S/C32H30F2N4O6/c1-40-31(39)22-6-7-25-26(16-22)38(17-23-11-14-41-23)29(35-25)18-37-12-9-21(10-13-37)24-3-2-4-30(36-24)42-19-20-5-8-27-28(15-20)44-32(33,34)43-27/h2-9,15-16,23H,10-14,17-19H2,1H3. The third-order valence-electron chi connectivity index (χ3n) is 7.99. The second-order valence-electron chi connectivity index (χ2n) is 10.9. The first-order chi connectivity index (χ1) is 21.3. The number of hydrogen-bond donors (Lipinski definition) is 0. The molecule has 0 amide bonds. The summed E-state index contributed by atoms with van der Waals surface area (Å²) >= 11 is 0. The molecule has 0 aliphatic carbocycles. The van der Waals surface area contributed by atoms with Crippen LogP contribution in [-0.2, 0) is 29.2 Å². The summed E-state index contributed by atoms with van der Waals surface area (Å²) in [4.78, 5) is 24.1. The fourth-order valence-electron chi connectivity index (χ4n) is 5.58. The van der Waals surface area contributed by atoms with Crippen LogP contribution in [0.2, 0.25) is 0 Å². The van der Waals surface area contributed by atoms with Gasteiger partial charge in [-0.3, -0.25) is 4.90 Å².